The molecule has 2 aromatic rings. The van der Waals surface area contributed by atoms with Crippen LogP contribution >= 0.6 is 0 Å². The van der Waals surface area contributed by atoms with Gasteiger partial charge in [0, 0.05) is 31.4 Å². The van der Waals surface area contributed by atoms with E-state index in [9.17, 15) is 14.7 Å². The van der Waals surface area contributed by atoms with E-state index in [-0.39, 0.29) is 19.6 Å². The Hall–Kier alpha value is -2.93. The lowest BCUT2D eigenvalue weighted by Crippen LogP contribution is -2.41. The Morgan fingerprint density at radius 1 is 1.27 bits per heavy atom. The predicted octanol–water partition coefficient (Wildman–Crippen LogP) is 2.19. The van der Waals surface area contributed by atoms with Crippen LogP contribution in [0.2, 0.25) is 0 Å². The molecule has 1 amide bonds. The summed E-state index contributed by atoms with van der Waals surface area (Å²) in [5.74, 6) is -0.912. The van der Waals surface area contributed by atoms with E-state index in [1.807, 2.05) is 25.1 Å². The number of aromatic nitrogens is 1. The first-order valence-electron chi connectivity index (χ1n) is 8.16. The second kappa shape index (κ2) is 9.53. The number of carboxylic acid groups (broad SMARTS) is 1. The number of carboxylic acids is 1. The van der Waals surface area contributed by atoms with Gasteiger partial charge in [-0.3, -0.25) is 9.78 Å². The summed E-state index contributed by atoms with van der Waals surface area (Å²) in [5, 5.41) is 11.7. The van der Waals surface area contributed by atoms with Crippen molar-refractivity contribution in [3.8, 4) is 5.75 Å². The summed E-state index contributed by atoms with van der Waals surface area (Å²) in [6, 6.07) is 9.54. The Labute approximate surface area is 152 Å². The molecule has 2 N–H and O–H groups in total. The van der Waals surface area contributed by atoms with Crippen LogP contribution in [-0.4, -0.2) is 41.7 Å². The number of aryl methyl sites for hydroxylation is 1. The second-order valence-electron chi connectivity index (χ2n) is 5.77. The van der Waals surface area contributed by atoms with Crippen LogP contribution in [0.4, 0.5) is 0 Å². The van der Waals surface area contributed by atoms with Crippen molar-refractivity contribution in [3.63, 3.8) is 0 Å². The highest BCUT2D eigenvalue weighted by atomic mass is 16.5. The number of amides is 1. The molecule has 1 aromatic carbocycles. The van der Waals surface area contributed by atoms with Gasteiger partial charge >= 0.3 is 5.97 Å². The number of nitrogens with one attached hydrogen (secondary N) is 1. The molecule has 26 heavy (non-hydrogen) atoms. The fourth-order valence-electron chi connectivity index (χ4n) is 2.24. The molecular formula is C19H22N2O5. The highest BCUT2D eigenvalue weighted by molar-refractivity contribution is 5.96. The van der Waals surface area contributed by atoms with Crippen molar-refractivity contribution >= 4 is 11.9 Å². The third kappa shape index (κ3) is 5.86. The van der Waals surface area contributed by atoms with Crippen LogP contribution in [0.3, 0.4) is 0 Å². The molecule has 0 saturated carbocycles. The Kier molecular flexibility index (Phi) is 7.11. The van der Waals surface area contributed by atoms with Crippen LogP contribution in [-0.2, 0) is 16.1 Å². The SMILES string of the molecule is COCCC(NC(=O)c1cccc(COc2ccc(C)nc2)c1)C(=O)O. The summed E-state index contributed by atoms with van der Waals surface area (Å²) in [4.78, 5) is 27.7. The maximum atomic E-state index is 12.3. The molecule has 1 aromatic heterocycles. The summed E-state index contributed by atoms with van der Waals surface area (Å²) in [6.07, 6.45) is 1.83. The number of pyridine rings is 1. The minimum Gasteiger partial charge on any atom is -0.487 e. The zero-order valence-electron chi connectivity index (χ0n) is 14.8. The standard InChI is InChI=1S/C19H22N2O5/c1-13-6-7-16(11-20-13)26-12-14-4-3-5-15(10-14)18(22)21-17(19(23)24)8-9-25-2/h3-7,10-11,17H,8-9,12H2,1-2H3,(H,21,22)(H,23,24). The fraction of sp³-hybridized carbons (Fsp3) is 0.316. The lowest BCUT2D eigenvalue weighted by molar-refractivity contribution is -0.139. The van der Waals surface area contributed by atoms with Gasteiger partial charge in [0.05, 0.1) is 6.20 Å². The first-order valence-corrected chi connectivity index (χ1v) is 8.16. The number of methoxy groups -OCH3 is 1. The Morgan fingerprint density at radius 2 is 2.08 bits per heavy atom. The molecule has 0 fully saturated rings. The molecule has 1 unspecified atom stereocenters. The van der Waals surface area contributed by atoms with Crippen molar-refractivity contribution < 1.29 is 24.2 Å². The maximum absolute atomic E-state index is 12.3. The van der Waals surface area contributed by atoms with Crippen molar-refractivity contribution in [2.45, 2.75) is 26.0 Å². The molecule has 2 rings (SSSR count). The molecule has 0 aliphatic heterocycles. The molecular weight excluding hydrogens is 336 g/mol. The topological polar surface area (TPSA) is 97.8 Å². The number of rotatable bonds is 9. The lowest BCUT2D eigenvalue weighted by atomic mass is 10.1. The van der Waals surface area contributed by atoms with Crippen molar-refractivity contribution in [2.75, 3.05) is 13.7 Å². The zero-order valence-corrected chi connectivity index (χ0v) is 14.8. The van der Waals surface area contributed by atoms with Crippen molar-refractivity contribution in [2.24, 2.45) is 0 Å². The van der Waals surface area contributed by atoms with Gasteiger partial charge in [0.2, 0.25) is 0 Å². The molecule has 0 saturated heterocycles. The average Bonchev–Trinajstić information content (AvgIpc) is 2.64. The van der Waals surface area contributed by atoms with Crippen molar-refractivity contribution in [1.82, 2.24) is 10.3 Å². The molecule has 1 heterocycles. The average molecular weight is 358 g/mol. The van der Waals surface area contributed by atoms with Crippen LogP contribution in [0.1, 0.15) is 28.0 Å². The number of hydrogen-bond acceptors (Lipinski definition) is 5. The van der Waals surface area contributed by atoms with Gasteiger partial charge in [-0.1, -0.05) is 12.1 Å². The third-order valence-corrected chi connectivity index (χ3v) is 3.69. The van der Waals surface area contributed by atoms with Crippen LogP contribution in [0.5, 0.6) is 5.75 Å². The maximum Gasteiger partial charge on any atom is 0.326 e. The molecule has 7 nitrogen and oxygen atoms in total. The van der Waals surface area contributed by atoms with Gasteiger partial charge in [0.1, 0.15) is 18.4 Å². The number of nitrogens with zero attached hydrogens (tertiary/aromatic N) is 1. The quantitative estimate of drug-likeness (QED) is 0.713. The van der Waals surface area contributed by atoms with E-state index < -0.39 is 17.9 Å². The number of carbonyl (C=O) groups excluding carboxylic acids is 1. The number of aliphatic carboxylic acids is 1. The van der Waals surface area contributed by atoms with Crippen LogP contribution in [0, 0.1) is 6.92 Å². The molecule has 0 spiro atoms. The first kappa shape index (κ1) is 19.4. The smallest absolute Gasteiger partial charge is 0.326 e. The summed E-state index contributed by atoms with van der Waals surface area (Å²) >= 11 is 0. The van der Waals surface area contributed by atoms with Gasteiger partial charge in [-0.25, -0.2) is 4.79 Å². The van der Waals surface area contributed by atoms with Crippen molar-refractivity contribution in [1.29, 1.82) is 0 Å². The van der Waals surface area contributed by atoms with Crippen LogP contribution in [0.25, 0.3) is 0 Å². The van der Waals surface area contributed by atoms with E-state index >= 15 is 0 Å². The van der Waals surface area contributed by atoms with E-state index in [4.69, 9.17) is 9.47 Å². The Balaban J connectivity index is 1.99. The number of benzene rings is 1. The summed E-state index contributed by atoms with van der Waals surface area (Å²) in [7, 11) is 1.48. The molecule has 0 bridgehead atoms. The van der Waals surface area contributed by atoms with E-state index in [1.165, 1.54) is 7.11 Å². The highest BCUT2D eigenvalue weighted by Crippen LogP contribution is 2.13. The van der Waals surface area contributed by atoms with E-state index in [1.54, 1.807) is 24.4 Å². The predicted molar refractivity (Wildman–Crippen MR) is 95.1 cm³/mol. The Morgan fingerprint density at radius 3 is 2.73 bits per heavy atom. The molecule has 138 valence electrons. The zero-order chi connectivity index (χ0) is 18.9. The van der Waals surface area contributed by atoms with E-state index in [0.717, 1.165) is 11.3 Å². The molecule has 1 atom stereocenters. The van der Waals surface area contributed by atoms with Gasteiger partial charge in [0.15, 0.2) is 0 Å². The summed E-state index contributed by atoms with van der Waals surface area (Å²) < 4.78 is 10.5. The van der Waals surface area contributed by atoms with Gasteiger partial charge in [-0.2, -0.15) is 0 Å². The summed E-state index contributed by atoms with van der Waals surface area (Å²) in [5.41, 5.74) is 2.07. The molecule has 0 aliphatic carbocycles. The normalized spacial score (nSPS) is 11.6. The minimum atomic E-state index is -1.10. The largest absolute Gasteiger partial charge is 0.487 e. The van der Waals surface area contributed by atoms with Gasteiger partial charge < -0.3 is 19.9 Å². The Bertz CT molecular complexity index is 746. The van der Waals surface area contributed by atoms with E-state index in [2.05, 4.69) is 10.3 Å². The van der Waals surface area contributed by atoms with Gasteiger partial charge in [0.25, 0.3) is 5.91 Å². The second-order valence-corrected chi connectivity index (χ2v) is 5.77. The highest BCUT2D eigenvalue weighted by Gasteiger charge is 2.20. The first-order chi connectivity index (χ1) is 12.5. The molecule has 7 heteroatoms. The lowest BCUT2D eigenvalue weighted by Gasteiger charge is -2.14. The van der Waals surface area contributed by atoms with Crippen LogP contribution in [0.15, 0.2) is 42.6 Å². The van der Waals surface area contributed by atoms with Gasteiger partial charge in [-0.05, 0) is 36.8 Å². The van der Waals surface area contributed by atoms with Crippen LogP contribution < -0.4 is 10.1 Å². The summed E-state index contributed by atoms with van der Waals surface area (Å²) in [6.45, 7) is 2.41. The van der Waals surface area contributed by atoms with E-state index in [0.29, 0.717) is 11.3 Å². The minimum absolute atomic E-state index is 0.195. The molecule has 0 aliphatic rings. The third-order valence-electron chi connectivity index (χ3n) is 3.69. The monoisotopic (exact) mass is 358 g/mol. The number of carbonyl (C=O) groups is 2. The number of ether oxygens (including phenoxy) is 2. The fourth-order valence-corrected chi connectivity index (χ4v) is 2.24. The van der Waals surface area contributed by atoms with Gasteiger partial charge in [-0.15, -0.1) is 0 Å². The molecule has 0 radical (unpaired) electrons. The number of hydrogen-bond donors (Lipinski definition) is 2. The van der Waals surface area contributed by atoms with Crippen molar-refractivity contribution in [3.05, 3.63) is 59.4 Å².